The molecule has 1 aromatic rings. The number of hydrogen-bond donors (Lipinski definition) is 2. The number of nitrogens with zero attached hydrogens (tertiary/aromatic N) is 2. The molecule has 6 nitrogen and oxygen atoms in total. The Morgan fingerprint density at radius 2 is 1.75 bits per heavy atom. The summed E-state index contributed by atoms with van der Waals surface area (Å²) < 4.78 is 38.0. The molecule has 0 aliphatic carbocycles. The highest BCUT2D eigenvalue weighted by Gasteiger charge is 2.30. The van der Waals surface area contributed by atoms with Crippen molar-refractivity contribution in [3.63, 3.8) is 0 Å². The molecule has 0 unspecified atom stereocenters. The van der Waals surface area contributed by atoms with E-state index in [9.17, 15) is 22.8 Å². The third-order valence-corrected chi connectivity index (χ3v) is 4.31. The number of urea groups is 1. The van der Waals surface area contributed by atoms with Crippen molar-refractivity contribution in [3.8, 4) is 0 Å². The van der Waals surface area contributed by atoms with Crippen LogP contribution in [-0.2, 0) is 11.0 Å². The first-order chi connectivity index (χ1) is 16.8. The molecule has 0 saturated carbocycles. The second-order valence-electron chi connectivity index (χ2n) is 7.65. The third-order valence-electron chi connectivity index (χ3n) is 4.09. The average Bonchev–Trinajstić information content (AvgIpc) is 2.75. The fraction of sp³-hybridized carbons (Fsp3) is 0.400. The number of nitrogens with one attached hydrogen (secondary N) is 2. The van der Waals surface area contributed by atoms with Gasteiger partial charge in [-0.3, -0.25) is 4.79 Å². The van der Waals surface area contributed by atoms with Crippen LogP contribution < -0.4 is 10.6 Å². The molecule has 1 aromatic carbocycles. The van der Waals surface area contributed by atoms with Gasteiger partial charge in [0.05, 0.1) is 12.1 Å². The van der Waals surface area contributed by atoms with Gasteiger partial charge in [0.2, 0.25) is 0 Å². The van der Waals surface area contributed by atoms with Gasteiger partial charge in [-0.15, -0.1) is 0 Å². The van der Waals surface area contributed by atoms with E-state index in [0.29, 0.717) is 35.2 Å². The second-order valence-corrected chi connectivity index (χ2v) is 8.73. The first-order valence-corrected chi connectivity index (χ1v) is 11.8. The molecule has 0 spiro atoms. The van der Waals surface area contributed by atoms with Gasteiger partial charge in [-0.05, 0) is 71.0 Å². The molecule has 36 heavy (non-hydrogen) atoms. The summed E-state index contributed by atoms with van der Waals surface area (Å²) in [6, 6.07) is 3.67. The normalized spacial score (nSPS) is 12.1. The summed E-state index contributed by atoms with van der Waals surface area (Å²) in [5.74, 6) is 0.0159. The van der Waals surface area contributed by atoms with E-state index in [2.05, 4.69) is 22.3 Å². The van der Waals surface area contributed by atoms with Gasteiger partial charge in [-0.2, -0.15) is 18.3 Å². The number of Topliss-reactive ketones (excluding diaryl/α,β-unsaturated/α-hetero) is 1. The van der Waals surface area contributed by atoms with E-state index < -0.39 is 17.8 Å². The molecule has 0 atom stereocenters. The van der Waals surface area contributed by atoms with E-state index in [1.807, 2.05) is 19.1 Å². The first-order valence-electron chi connectivity index (χ1n) is 11.1. The number of carbonyl (C=O) groups excluding carboxylic acids is 2. The van der Waals surface area contributed by atoms with Gasteiger partial charge in [0.15, 0.2) is 0 Å². The number of amides is 2. The van der Waals surface area contributed by atoms with Crippen LogP contribution in [0.2, 0.25) is 0 Å². The molecule has 0 aromatic heterocycles. The smallest absolute Gasteiger partial charge is 0.310 e. The Labute approximate surface area is 220 Å². The molecule has 0 aliphatic rings. The van der Waals surface area contributed by atoms with E-state index in [-0.39, 0.29) is 24.6 Å². The van der Waals surface area contributed by atoms with Gasteiger partial charge in [0.1, 0.15) is 5.78 Å². The quantitative estimate of drug-likeness (QED) is 0.0998. The van der Waals surface area contributed by atoms with Crippen LogP contribution in [0.15, 0.2) is 64.2 Å². The maximum Gasteiger partial charge on any atom is 0.416 e. The summed E-state index contributed by atoms with van der Waals surface area (Å²) >= 11 is 10.7. The van der Waals surface area contributed by atoms with Crippen molar-refractivity contribution in [3.05, 3.63) is 64.7 Å². The molecule has 0 heterocycles. The van der Waals surface area contributed by atoms with Crippen molar-refractivity contribution < 1.29 is 22.8 Å². The summed E-state index contributed by atoms with van der Waals surface area (Å²) in [5, 5.41) is 12.2. The van der Waals surface area contributed by atoms with Crippen LogP contribution in [0.25, 0.3) is 0 Å². The molecule has 2 amide bonds. The largest absolute Gasteiger partial charge is 0.416 e. The minimum atomic E-state index is -4.43. The minimum Gasteiger partial charge on any atom is -0.310 e. The Kier molecular flexibility index (Phi) is 16.5. The average molecular weight is 549 g/mol. The lowest BCUT2D eigenvalue weighted by molar-refractivity contribution is -0.137. The summed E-state index contributed by atoms with van der Waals surface area (Å²) in [6.07, 6.45) is 2.05. The van der Waals surface area contributed by atoms with Crippen molar-refractivity contribution in [2.24, 2.45) is 5.10 Å². The van der Waals surface area contributed by atoms with Crippen LogP contribution in [0.5, 0.6) is 0 Å². The molecule has 200 valence electrons. The molecule has 0 saturated heterocycles. The van der Waals surface area contributed by atoms with E-state index in [4.69, 9.17) is 23.2 Å². The van der Waals surface area contributed by atoms with Gasteiger partial charge >= 0.3 is 12.2 Å². The summed E-state index contributed by atoms with van der Waals surface area (Å²) in [5.41, 5.74) is 0.162. The van der Waals surface area contributed by atoms with E-state index in [1.165, 1.54) is 24.1 Å². The number of ketones is 1. The van der Waals surface area contributed by atoms with Gasteiger partial charge in [0, 0.05) is 34.4 Å². The molecular formula is C25H33Cl2F3N4O2. The zero-order valence-corrected chi connectivity index (χ0v) is 22.4. The molecule has 0 aliphatic heterocycles. The monoisotopic (exact) mass is 548 g/mol. The van der Waals surface area contributed by atoms with Crippen molar-refractivity contribution in [1.29, 1.82) is 0 Å². The number of halogens is 5. The summed E-state index contributed by atoms with van der Waals surface area (Å²) in [7, 11) is 0. The number of rotatable bonds is 11. The Bertz CT molecular complexity index is 940. The van der Waals surface area contributed by atoms with Gasteiger partial charge in [0.25, 0.3) is 0 Å². The van der Waals surface area contributed by atoms with Crippen molar-refractivity contribution >= 4 is 46.4 Å². The predicted molar refractivity (Wildman–Crippen MR) is 142 cm³/mol. The third kappa shape index (κ3) is 16.9. The molecular weight excluding hydrogens is 516 g/mol. The maximum atomic E-state index is 12.7. The first kappa shape index (κ1) is 33.4. The summed E-state index contributed by atoms with van der Waals surface area (Å²) in [4.78, 5) is 23.5. The van der Waals surface area contributed by atoms with Crippen molar-refractivity contribution in [1.82, 2.24) is 10.3 Å². The van der Waals surface area contributed by atoms with Gasteiger partial charge in [-0.25, -0.2) is 9.80 Å². The number of hydrazone groups is 1. The lowest BCUT2D eigenvalue weighted by Gasteiger charge is -2.19. The van der Waals surface area contributed by atoms with E-state index >= 15 is 0 Å². The van der Waals surface area contributed by atoms with E-state index in [0.717, 1.165) is 12.1 Å². The topological polar surface area (TPSA) is 73.8 Å². The fourth-order valence-electron chi connectivity index (χ4n) is 2.50. The molecule has 0 fully saturated rings. The number of benzene rings is 1. The Morgan fingerprint density at radius 3 is 2.19 bits per heavy atom. The van der Waals surface area contributed by atoms with Crippen molar-refractivity contribution in [2.75, 3.05) is 25.0 Å². The second kappa shape index (κ2) is 17.8. The highest BCUT2D eigenvalue weighted by atomic mass is 35.5. The SMILES string of the molecule is C/C=C\C/C(C)=N/N(CCCNCC(C)=O)C(=O)Nc1ccc(C(F)(F)F)cc1.C=C(Cl)/C=C(\C)Cl. The summed E-state index contributed by atoms with van der Waals surface area (Å²) in [6.45, 7) is 11.3. The van der Waals surface area contributed by atoms with Crippen LogP contribution in [0, 0.1) is 0 Å². The van der Waals surface area contributed by atoms with Crippen LogP contribution >= 0.6 is 23.2 Å². The van der Waals surface area contributed by atoms with Gasteiger partial charge < -0.3 is 10.6 Å². The van der Waals surface area contributed by atoms with Crippen molar-refractivity contribution in [2.45, 2.75) is 46.7 Å². The highest BCUT2D eigenvalue weighted by molar-refractivity contribution is 6.34. The minimum absolute atomic E-state index is 0.0159. The lowest BCUT2D eigenvalue weighted by Crippen LogP contribution is -2.34. The molecule has 0 bridgehead atoms. The van der Waals surface area contributed by atoms with Gasteiger partial charge in [-0.1, -0.05) is 41.9 Å². The number of allylic oxidation sites excluding steroid dienone is 5. The molecule has 0 radical (unpaired) electrons. The zero-order valence-electron chi connectivity index (χ0n) is 20.9. The Hall–Kier alpha value is -2.62. The number of carbonyl (C=O) groups is 2. The molecule has 2 N–H and O–H groups in total. The van der Waals surface area contributed by atoms with Crippen LogP contribution in [0.4, 0.5) is 23.7 Å². The fourth-order valence-corrected chi connectivity index (χ4v) is 2.85. The predicted octanol–water partition coefficient (Wildman–Crippen LogP) is 7.33. The number of hydrogen-bond acceptors (Lipinski definition) is 4. The van der Waals surface area contributed by atoms with Crippen LogP contribution in [-0.4, -0.2) is 42.2 Å². The number of alkyl halides is 3. The van der Waals surface area contributed by atoms with E-state index in [1.54, 1.807) is 19.9 Å². The zero-order chi connectivity index (χ0) is 27.7. The Morgan fingerprint density at radius 1 is 1.14 bits per heavy atom. The van der Waals surface area contributed by atoms with Crippen LogP contribution in [0.1, 0.15) is 46.1 Å². The molecule has 11 heteroatoms. The highest BCUT2D eigenvalue weighted by Crippen LogP contribution is 2.29. The van der Waals surface area contributed by atoms with Crippen LogP contribution in [0.3, 0.4) is 0 Å². The maximum absolute atomic E-state index is 12.7. The lowest BCUT2D eigenvalue weighted by atomic mass is 10.2. The standard InChI is InChI=1S/C20H27F3N4O2.C5H6Cl2/c1-4-5-7-15(2)26-27(13-6-12-24-14-16(3)28)19(29)25-18-10-8-17(9-11-18)20(21,22)23;1-4(6)3-5(2)7/h4-5,8-11,24H,6-7,12-14H2,1-3H3,(H,25,29);3H,1H2,2H3/b5-4-,26-15+;5-3+. The number of anilines is 1. The Balaban J connectivity index is 0.00000152. The molecule has 1 rings (SSSR count).